The van der Waals surface area contributed by atoms with Gasteiger partial charge >= 0.3 is 5.97 Å². The summed E-state index contributed by atoms with van der Waals surface area (Å²) in [6.45, 7) is 0. The van der Waals surface area contributed by atoms with Gasteiger partial charge in [-0.05, 0) is 35.9 Å². The van der Waals surface area contributed by atoms with Gasteiger partial charge in [0.1, 0.15) is 11.5 Å². The third kappa shape index (κ3) is 2.62. The Morgan fingerprint density at radius 3 is 2.43 bits per heavy atom. The van der Waals surface area contributed by atoms with Gasteiger partial charge in [0.05, 0.1) is 5.56 Å². The van der Waals surface area contributed by atoms with Crippen LogP contribution in [0.5, 0.6) is 11.5 Å². The number of para-hydroxylation sites is 1. The smallest absolute Gasteiger partial charge is 0.363 e. The van der Waals surface area contributed by atoms with Crippen molar-refractivity contribution in [1.82, 2.24) is 0 Å². The number of ether oxygens (including phenoxy) is 1. The van der Waals surface area contributed by atoms with Crippen LogP contribution >= 0.6 is 0 Å². The van der Waals surface area contributed by atoms with Crippen LogP contribution in [0, 0.1) is 0 Å². The molecule has 0 aromatic heterocycles. The molecule has 0 saturated heterocycles. The number of phenolic OH excluding ortho intramolecular Hbond substituents is 2. The highest BCUT2D eigenvalue weighted by molar-refractivity contribution is 6.13. The van der Waals surface area contributed by atoms with Gasteiger partial charge in [-0.3, -0.25) is 0 Å². The Labute approximate surface area is 120 Å². The van der Waals surface area contributed by atoms with Crippen molar-refractivity contribution in [3.8, 4) is 11.5 Å². The lowest BCUT2D eigenvalue weighted by molar-refractivity contribution is -0.129. The number of hydrogen-bond acceptors (Lipinski definition) is 5. The number of carbonyl (C=O) groups excluding carboxylic acids is 1. The van der Waals surface area contributed by atoms with Crippen LogP contribution in [0.1, 0.15) is 11.1 Å². The van der Waals surface area contributed by atoms with Gasteiger partial charge in [-0.1, -0.05) is 24.3 Å². The van der Waals surface area contributed by atoms with Gasteiger partial charge < -0.3 is 14.9 Å². The number of phenols is 2. The number of esters is 1. The molecule has 0 saturated carbocycles. The monoisotopic (exact) mass is 281 g/mol. The van der Waals surface area contributed by atoms with Crippen molar-refractivity contribution in [2.75, 3.05) is 0 Å². The molecular formula is C16H11NO4. The molecule has 0 unspecified atom stereocenters. The molecule has 0 atom stereocenters. The molecule has 0 radical (unpaired) electrons. The number of hydrogen-bond donors (Lipinski definition) is 2. The average Bonchev–Trinajstić information content (AvgIpc) is 2.83. The zero-order valence-electron chi connectivity index (χ0n) is 10.9. The minimum absolute atomic E-state index is 0.00469. The molecule has 2 aromatic carbocycles. The van der Waals surface area contributed by atoms with Gasteiger partial charge in [-0.2, -0.15) is 0 Å². The molecule has 0 fully saturated rings. The van der Waals surface area contributed by atoms with Crippen molar-refractivity contribution < 1.29 is 19.7 Å². The summed E-state index contributed by atoms with van der Waals surface area (Å²) >= 11 is 0. The molecule has 1 aliphatic heterocycles. The van der Waals surface area contributed by atoms with Crippen LogP contribution in [-0.4, -0.2) is 22.1 Å². The fourth-order valence-corrected chi connectivity index (χ4v) is 1.91. The number of aromatic hydroxyl groups is 2. The molecular weight excluding hydrogens is 270 g/mol. The number of benzene rings is 2. The molecule has 104 valence electrons. The quantitative estimate of drug-likeness (QED) is 0.654. The lowest BCUT2D eigenvalue weighted by Gasteiger charge is -2.01. The van der Waals surface area contributed by atoms with Crippen LogP contribution in [0.4, 0.5) is 0 Å². The standard InChI is InChI=1S/C16H11NO4/c18-11-7-5-10(6-8-11)9-13-16(20)21-15(17-13)12-3-1-2-4-14(12)19/h1-9,18-19H/b13-9+. The lowest BCUT2D eigenvalue weighted by Crippen LogP contribution is -2.05. The van der Waals surface area contributed by atoms with Crippen molar-refractivity contribution in [2.24, 2.45) is 4.99 Å². The largest absolute Gasteiger partial charge is 0.508 e. The van der Waals surface area contributed by atoms with Gasteiger partial charge in [-0.15, -0.1) is 0 Å². The number of rotatable bonds is 2. The van der Waals surface area contributed by atoms with Crippen LogP contribution in [0.25, 0.3) is 6.08 Å². The lowest BCUT2D eigenvalue weighted by atomic mass is 10.2. The summed E-state index contributed by atoms with van der Waals surface area (Å²) in [7, 11) is 0. The zero-order valence-corrected chi connectivity index (χ0v) is 10.9. The predicted octanol–water partition coefficient (Wildman–Crippen LogP) is 2.44. The van der Waals surface area contributed by atoms with Gasteiger partial charge in [0.15, 0.2) is 5.70 Å². The first kappa shape index (κ1) is 12.9. The van der Waals surface area contributed by atoms with E-state index in [1.54, 1.807) is 36.4 Å². The maximum absolute atomic E-state index is 11.8. The molecule has 5 heteroatoms. The van der Waals surface area contributed by atoms with E-state index >= 15 is 0 Å². The van der Waals surface area contributed by atoms with Crippen molar-refractivity contribution >= 4 is 17.9 Å². The number of nitrogens with zero attached hydrogens (tertiary/aromatic N) is 1. The Balaban J connectivity index is 1.96. The van der Waals surface area contributed by atoms with Crippen LogP contribution in [-0.2, 0) is 9.53 Å². The summed E-state index contributed by atoms with van der Waals surface area (Å²) in [5.41, 5.74) is 1.21. The predicted molar refractivity (Wildman–Crippen MR) is 76.8 cm³/mol. The van der Waals surface area contributed by atoms with E-state index < -0.39 is 5.97 Å². The highest BCUT2D eigenvalue weighted by atomic mass is 16.6. The highest BCUT2D eigenvalue weighted by Crippen LogP contribution is 2.24. The van der Waals surface area contributed by atoms with Gasteiger partial charge in [0.2, 0.25) is 5.90 Å². The molecule has 0 aliphatic carbocycles. The van der Waals surface area contributed by atoms with E-state index in [9.17, 15) is 15.0 Å². The topological polar surface area (TPSA) is 79.1 Å². The van der Waals surface area contributed by atoms with E-state index in [0.29, 0.717) is 11.1 Å². The van der Waals surface area contributed by atoms with E-state index in [2.05, 4.69) is 4.99 Å². The fourth-order valence-electron chi connectivity index (χ4n) is 1.91. The third-order valence-corrected chi connectivity index (χ3v) is 2.95. The van der Waals surface area contributed by atoms with E-state index in [4.69, 9.17) is 4.74 Å². The summed E-state index contributed by atoms with van der Waals surface area (Å²) in [4.78, 5) is 15.9. The SMILES string of the molecule is O=C1OC(c2ccccc2O)=N/C1=C/c1ccc(O)cc1. The Hall–Kier alpha value is -3.08. The van der Waals surface area contributed by atoms with E-state index in [1.807, 2.05) is 0 Å². The number of cyclic esters (lactones) is 1. The molecule has 2 aromatic rings. The Morgan fingerprint density at radius 1 is 1.00 bits per heavy atom. The van der Waals surface area contributed by atoms with Gasteiger partial charge in [-0.25, -0.2) is 9.79 Å². The number of carbonyl (C=O) groups is 1. The maximum Gasteiger partial charge on any atom is 0.363 e. The van der Waals surface area contributed by atoms with Crippen molar-refractivity contribution in [2.45, 2.75) is 0 Å². The molecule has 1 aliphatic rings. The van der Waals surface area contributed by atoms with Crippen LogP contribution in [0.15, 0.2) is 59.2 Å². The van der Waals surface area contributed by atoms with Gasteiger partial charge in [0.25, 0.3) is 0 Å². The minimum Gasteiger partial charge on any atom is -0.508 e. The van der Waals surface area contributed by atoms with E-state index in [1.165, 1.54) is 18.2 Å². The summed E-state index contributed by atoms with van der Waals surface area (Å²) in [6.07, 6.45) is 1.55. The minimum atomic E-state index is -0.582. The Bertz CT molecular complexity index is 760. The second kappa shape index (κ2) is 5.13. The molecule has 1 heterocycles. The zero-order chi connectivity index (χ0) is 14.8. The van der Waals surface area contributed by atoms with Crippen molar-refractivity contribution in [3.05, 3.63) is 65.4 Å². The number of aliphatic imine (C=N–C) groups is 1. The van der Waals surface area contributed by atoms with E-state index in [0.717, 1.165) is 0 Å². The third-order valence-electron chi connectivity index (χ3n) is 2.95. The first-order chi connectivity index (χ1) is 10.1. The second-order valence-corrected chi connectivity index (χ2v) is 4.44. The summed E-state index contributed by atoms with van der Waals surface area (Å²) in [6, 6.07) is 12.8. The molecule has 21 heavy (non-hydrogen) atoms. The van der Waals surface area contributed by atoms with Crippen molar-refractivity contribution in [1.29, 1.82) is 0 Å². The summed E-state index contributed by atoms with van der Waals surface area (Å²) in [5.74, 6) is -0.371. The van der Waals surface area contributed by atoms with E-state index in [-0.39, 0.29) is 23.1 Å². The molecule has 5 nitrogen and oxygen atoms in total. The van der Waals surface area contributed by atoms with Crippen molar-refractivity contribution in [3.63, 3.8) is 0 Å². The fraction of sp³-hybridized carbons (Fsp3) is 0. The molecule has 2 N–H and O–H groups in total. The van der Waals surface area contributed by atoms with Crippen LogP contribution < -0.4 is 0 Å². The second-order valence-electron chi connectivity index (χ2n) is 4.44. The summed E-state index contributed by atoms with van der Waals surface area (Å²) in [5, 5.41) is 19.0. The van der Waals surface area contributed by atoms with Crippen LogP contribution in [0.2, 0.25) is 0 Å². The molecule has 3 rings (SSSR count). The normalized spacial score (nSPS) is 15.9. The summed E-state index contributed by atoms with van der Waals surface area (Å²) < 4.78 is 5.07. The Morgan fingerprint density at radius 2 is 1.71 bits per heavy atom. The molecule has 0 spiro atoms. The maximum atomic E-state index is 11.8. The molecule has 0 bridgehead atoms. The van der Waals surface area contributed by atoms with Crippen LogP contribution in [0.3, 0.4) is 0 Å². The average molecular weight is 281 g/mol. The first-order valence-corrected chi connectivity index (χ1v) is 6.23. The molecule has 0 amide bonds. The first-order valence-electron chi connectivity index (χ1n) is 6.23. The highest BCUT2D eigenvalue weighted by Gasteiger charge is 2.25. The Kier molecular flexibility index (Phi) is 3.16. The van der Waals surface area contributed by atoms with Gasteiger partial charge in [0, 0.05) is 0 Å².